The molecule has 3 heterocycles. The Morgan fingerprint density at radius 2 is 1.64 bits per heavy atom. The van der Waals surface area contributed by atoms with Gasteiger partial charge in [-0.25, -0.2) is 9.48 Å². The van der Waals surface area contributed by atoms with Crippen LogP contribution >= 0.6 is 11.6 Å². The predicted molar refractivity (Wildman–Crippen MR) is 103 cm³/mol. The third-order valence-electron chi connectivity index (χ3n) is 4.78. The van der Waals surface area contributed by atoms with Gasteiger partial charge in [0.25, 0.3) is 5.91 Å². The molecule has 0 spiro atoms. The van der Waals surface area contributed by atoms with Gasteiger partial charge in [0.05, 0.1) is 0 Å². The third kappa shape index (κ3) is 3.50. The van der Waals surface area contributed by atoms with Crippen LogP contribution in [0, 0.1) is 0 Å². The summed E-state index contributed by atoms with van der Waals surface area (Å²) in [6.07, 6.45) is 1.62. The summed E-state index contributed by atoms with van der Waals surface area (Å²) in [7, 11) is 0. The molecular formula is C19H18ClN5O3. The lowest BCUT2D eigenvalue weighted by Gasteiger charge is -2.34. The van der Waals surface area contributed by atoms with E-state index in [1.807, 2.05) is 0 Å². The maximum atomic E-state index is 12.6. The number of benzene rings is 1. The van der Waals surface area contributed by atoms with E-state index in [1.54, 1.807) is 58.5 Å². The minimum atomic E-state index is -0.347. The second kappa shape index (κ2) is 7.47. The number of carbonyl (C=O) groups is 2. The molecule has 1 aromatic carbocycles. The molecule has 9 heteroatoms. The van der Waals surface area contributed by atoms with Gasteiger partial charge in [0, 0.05) is 43.0 Å². The maximum absolute atomic E-state index is 12.6. The zero-order valence-electron chi connectivity index (χ0n) is 15.0. The average molecular weight is 400 g/mol. The van der Waals surface area contributed by atoms with Gasteiger partial charge in [-0.1, -0.05) is 17.7 Å². The number of fused-ring (bicyclic) bond motifs is 1. The largest absolute Gasteiger partial charge is 0.350 e. The van der Waals surface area contributed by atoms with Gasteiger partial charge in [-0.05, 0) is 36.4 Å². The van der Waals surface area contributed by atoms with Gasteiger partial charge in [-0.2, -0.15) is 0 Å². The molecule has 0 saturated carbocycles. The number of hydrogen-bond acceptors (Lipinski definition) is 4. The summed E-state index contributed by atoms with van der Waals surface area (Å²) in [5.74, 6) is -0.274. The van der Waals surface area contributed by atoms with Crippen molar-refractivity contribution < 1.29 is 9.59 Å². The van der Waals surface area contributed by atoms with E-state index in [0.717, 1.165) is 0 Å². The molecule has 1 fully saturated rings. The summed E-state index contributed by atoms with van der Waals surface area (Å²) in [6.45, 7) is 1.59. The second-order valence-electron chi connectivity index (χ2n) is 6.55. The van der Waals surface area contributed by atoms with Gasteiger partial charge in [-0.15, -0.1) is 5.10 Å². The second-order valence-corrected chi connectivity index (χ2v) is 6.99. The first-order chi connectivity index (χ1) is 13.5. The van der Waals surface area contributed by atoms with Crippen LogP contribution in [-0.4, -0.2) is 62.0 Å². The Kier molecular flexibility index (Phi) is 4.87. The molecule has 0 radical (unpaired) electrons. The monoisotopic (exact) mass is 399 g/mol. The Morgan fingerprint density at radius 3 is 2.32 bits per heavy atom. The highest BCUT2D eigenvalue weighted by Gasteiger charge is 2.25. The zero-order chi connectivity index (χ0) is 19.7. The smallest absolute Gasteiger partial charge is 0.338 e. The van der Waals surface area contributed by atoms with Crippen LogP contribution in [0.4, 0.5) is 0 Å². The minimum absolute atomic E-state index is 0.0830. The van der Waals surface area contributed by atoms with Gasteiger partial charge >= 0.3 is 5.69 Å². The summed E-state index contributed by atoms with van der Waals surface area (Å²) >= 11 is 5.86. The van der Waals surface area contributed by atoms with Crippen molar-refractivity contribution in [2.45, 2.75) is 6.54 Å². The fourth-order valence-corrected chi connectivity index (χ4v) is 3.36. The lowest BCUT2D eigenvalue weighted by molar-refractivity contribution is -0.133. The SMILES string of the molecule is O=C(Cn1nc2ccccn2c1=O)N1CCN(C(=O)c2ccc(Cl)cc2)CC1. The Hall–Kier alpha value is -3.13. The third-order valence-corrected chi connectivity index (χ3v) is 5.04. The molecule has 3 aromatic rings. The van der Waals surface area contributed by atoms with Crippen molar-refractivity contribution in [1.29, 1.82) is 0 Å². The Bertz CT molecular complexity index is 1080. The van der Waals surface area contributed by atoms with E-state index in [9.17, 15) is 14.4 Å². The van der Waals surface area contributed by atoms with E-state index in [2.05, 4.69) is 5.10 Å². The van der Waals surface area contributed by atoms with Gasteiger partial charge < -0.3 is 9.80 Å². The molecule has 28 heavy (non-hydrogen) atoms. The highest BCUT2D eigenvalue weighted by Crippen LogP contribution is 2.13. The summed E-state index contributed by atoms with van der Waals surface area (Å²) in [6, 6.07) is 12.0. The summed E-state index contributed by atoms with van der Waals surface area (Å²) < 4.78 is 2.57. The number of hydrogen-bond donors (Lipinski definition) is 0. The molecule has 0 unspecified atom stereocenters. The molecule has 144 valence electrons. The molecule has 8 nitrogen and oxygen atoms in total. The number of pyridine rings is 1. The van der Waals surface area contributed by atoms with E-state index in [0.29, 0.717) is 42.4 Å². The molecule has 0 atom stereocenters. The first kappa shape index (κ1) is 18.2. The fraction of sp³-hybridized carbons (Fsp3) is 0.263. The van der Waals surface area contributed by atoms with Gasteiger partial charge in [0.1, 0.15) is 6.54 Å². The number of carbonyl (C=O) groups excluding carboxylic acids is 2. The van der Waals surface area contributed by atoms with Crippen molar-refractivity contribution in [3.63, 3.8) is 0 Å². The highest BCUT2D eigenvalue weighted by molar-refractivity contribution is 6.30. The number of rotatable bonds is 3. The van der Waals surface area contributed by atoms with E-state index in [4.69, 9.17) is 11.6 Å². The molecule has 4 rings (SSSR count). The number of amides is 2. The van der Waals surface area contributed by atoms with E-state index in [1.165, 1.54) is 9.08 Å². The molecule has 2 amide bonds. The molecule has 1 aliphatic heterocycles. The van der Waals surface area contributed by atoms with Crippen LogP contribution < -0.4 is 5.69 Å². The maximum Gasteiger partial charge on any atom is 0.350 e. The topological polar surface area (TPSA) is 79.9 Å². The van der Waals surface area contributed by atoms with Crippen molar-refractivity contribution in [3.8, 4) is 0 Å². The summed E-state index contributed by atoms with van der Waals surface area (Å²) in [4.78, 5) is 40.8. The standard InChI is InChI=1S/C19H18ClN5O3/c20-15-6-4-14(5-7-15)18(27)23-11-9-22(10-12-23)17(26)13-25-19(28)24-8-2-1-3-16(24)21-25/h1-8H,9-13H2. The first-order valence-electron chi connectivity index (χ1n) is 8.90. The first-order valence-corrected chi connectivity index (χ1v) is 9.27. The summed E-state index contributed by atoms with van der Waals surface area (Å²) in [5, 5.41) is 4.76. The van der Waals surface area contributed by atoms with Crippen molar-refractivity contribution in [2.24, 2.45) is 0 Å². The van der Waals surface area contributed by atoms with E-state index < -0.39 is 0 Å². The molecule has 0 aliphatic carbocycles. The summed E-state index contributed by atoms with van der Waals surface area (Å²) in [5.41, 5.74) is 0.722. The van der Waals surface area contributed by atoms with Crippen LogP contribution in [0.1, 0.15) is 10.4 Å². The quantitative estimate of drug-likeness (QED) is 0.661. The molecular weight excluding hydrogens is 382 g/mol. The van der Waals surface area contributed by atoms with Gasteiger partial charge in [-0.3, -0.25) is 14.0 Å². The lowest BCUT2D eigenvalue weighted by Crippen LogP contribution is -2.51. The number of nitrogens with zero attached hydrogens (tertiary/aromatic N) is 5. The number of piperazine rings is 1. The van der Waals surface area contributed by atoms with Crippen LogP contribution in [0.3, 0.4) is 0 Å². The van der Waals surface area contributed by atoms with Crippen molar-refractivity contribution in [1.82, 2.24) is 24.0 Å². The minimum Gasteiger partial charge on any atom is -0.338 e. The van der Waals surface area contributed by atoms with Crippen LogP contribution in [0.5, 0.6) is 0 Å². The molecule has 1 aliphatic rings. The Balaban J connectivity index is 1.38. The lowest BCUT2D eigenvalue weighted by atomic mass is 10.2. The number of halogens is 1. The fourth-order valence-electron chi connectivity index (χ4n) is 3.23. The van der Waals surface area contributed by atoms with Crippen LogP contribution in [0.25, 0.3) is 5.65 Å². The average Bonchev–Trinajstić information content (AvgIpc) is 3.04. The highest BCUT2D eigenvalue weighted by atomic mass is 35.5. The normalized spacial score (nSPS) is 14.5. The van der Waals surface area contributed by atoms with Gasteiger partial charge in [0.15, 0.2) is 5.65 Å². The van der Waals surface area contributed by atoms with Crippen molar-refractivity contribution >= 4 is 29.1 Å². The molecule has 0 N–H and O–H groups in total. The predicted octanol–water partition coefficient (Wildman–Crippen LogP) is 1.13. The van der Waals surface area contributed by atoms with Crippen molar-refractivity contribution in [2.75, 3.05) is 26.2 Å². The molecule has 2 aromatic heterocycles. The Labute approximate surface area is 165 Å². The Morgan fingerprint density at radius 1 is 0.964 bits per heavy atom. The van der Waals surface area contributed by atoms with Crippen LogP contribution in [0.15, 0.2) is 53.5 Å². The zero-order valence-corrected chi connectivity index (χ0v) is 15.7. The number of aromatic nitrogens is 3. The van der Waals surface area contributed by atoms with E-state index >= 15 is 0 Å². The van der Waals surface area contributed by atoms with Crippen molar-refractivity contribution in [3.05, 3.63) is 69.7 Å². The van der Waals surface area contributed by atoms with E-state index in [-0.39, 0.29) is 24.0 Å². The molecule has 1 saturated heterocycles. The van der Waals surface area contributed by atoms with Gasteiger partial charge in [0.2, 0.25) is 5.91 Å². The molecule has 0 bridgehead atoms. The van der Waals surface area contributed by atoms with Crippen LogP contribution in [-0.2, 0) is 11.3 Å². The van der Waals surface area contributed by atoms with Crippen LogP contribution in [0.2, 0.25) is 5.02 Å².